The average Bonchev–Trinajstić information content (AvgIpc) is 3.04. The Kier molecular flexibility index (Phi) is 4.19. The maximum atomic E-state index is 14.2. The second-order valence-corrected chi connectivity index (χ2v) is 6.61. The Morgan fingerprint density at radius 2 is 2.18 bits per heavy atom. The van der Waals surface area contributed by atoms with Crippen LogP contribution in [0, 0.1) is 5.82 Å². The molecule has 120 valence electrons. The molecule has 0 amide bonds. The van der Waals surface area contributed by atoms with E-state index in [2.05, 4.69) is 9.88 Å². The minimum Gasteiger partial charge on any atom is -0.437 e. The van der Waals surface area contributed by atoms with Gasteiger partial charge in [0.25, 0.3) is 0 Å². The third-order valence-corrected chi connectivity index (χ3v) is 4.46. The Morgan fingerprint density at radius 3 is 2.82 bits per heavy atom. The summed E-state index contributed by atoms with van der Waals surface area (Å²) in [5, 5.41) is 9.99. The van der Waals surface area contributed by atoms with E-state index < -0.39 is 0 Å². The molecule has 5 heteroatoms. The van der Waals surface area contributed by atoms with Gasteiger partial charge in [-0.05, 0) is 44.0 Å². The largest absolute Gasteiger partial charge is 0.437 e. The van der Waals surface area contributed by atoms with Crippen LogP contribution in [0.4, 0.5) is 4.39 Å². The second kappa shape index (κ2) is 5.97. The molecule has 1 aromatic heterocycles. The molecular formula is C17H23FN2O2. The van der Waals surface area contributed by atoms with Crippen molar-refractivity contribution in [1.82, 2.24) is 9.88 Å². The van der Waals surface area contributed by atoms with Crippen molar-refractivity contribution in [3.63, 3.8) is 0 Å². The predicted octanol–water partition coefficient (Wildman–Crippen LogP) is 3.44. The number of aliphatic hydroxyl groups excluding tert-OH is 1. The van der Waals surface area contributed by atoms with Gasteiger partial charge in [0.15, 0.2) is 17.3 Å². The summed E-state index contributed by atoms with van der Waals surface area (Å²) in [5.41, 5.74) is 1.66. The van der Waals surface area contributed by atoms with E-state index in [1.165, 1.54) is 6.07 Å². The van der Waals surface area contributed by atoms with E-state index in [1.54, 1.807) is 0 Å². The van der Waals surface area contributed by atoms with Crippen LogP contribution in [0.5, 0.6) is 0 Å². The van der Waals surface area contributed by atoms with Gasteiger partial charge in [-0.1, -0.05) is 13.8 Å². The lowest BCUT2D eigenvalue weighted by atomic mass is 10.1. The maximum absolute atomic E-state index is 14.2. The number of likely N-dealkylation sites (N-methyl/N-ethyl adjacent to an activating group) is 1. The highest BCUT2D eigenvalue weighted by Gasteiger charge is 2.28. The lowest BCUT2D eigenvalue weighted by Gasteiger charge is -2.26. The van der Waals surface area contributed by atoms with Crippen LogP contribution in [-0.4, -0.2) is 34.2 Å². The lowest BCUT2D eigenvalue weighted by molar-refractivity contribution is 0.0825. The van der Waals surface area contributed by atoms with Gasteiger partial charge in [0.2, 0.25) is 0 Å². The number of benzene rings is 1. The molecule has 1 N–H and O–H groups in total. The van der Waals surface area contributed by atoms with Crippen molar-refractivity contribution in [3.05, 3.63) is 29.4 Å². The van der Waals surface area contributed by atoms with Crippen LogP contribution in [0.25, 0.3) is 11.1 Å². The van der Waals surface area contributed by atoms with Crippen LogP contribution in [-0.2, 0) is 6.54 Å². The van der Waals surface area contributed by atoms with Gasteiger partial charge in [0, 0.05) is 18.5 Å². The maximum Gasteiger partial charge on any atom is 0.198 e. The predicted molar refractivity (Wildman–Crippen MR) is 83.2 cm³/mol. The SMILES string of the molecule is CC(C)c1nc2cc(CN(C)C3CCCC3O)cc(F)c2o1. The fourth-order valence-electron chi connectivity index (χ4n) is 3.24. The number of hydrogen-bond acceptors (Lipinski definition) is 4. The van der Waals surface area contributed by atoms with E-state index in [4.69, 9.17) is 4.42 Å². The molecular weight excluding hydrogens is 283 g/mol. The van der Waals surface area contributed by atoms with Gasteiger partial charge in [-0.3, -0.25) is 4.90 Å². The van der Waals surface area contributed by atoms with E-state index in [1.807, 2.05) is 27.0 Å². The van der Waals surface area contributed by atoms with Crippen molar-refractivity contribution in [2.24, 2.45) is 0 Å². The first-order chi connectivity index (χ1) is 10.5. The summed E-state index contributed by atoms with van der Waals surface area (Å²) in [6.45, 7) is 4.54. The number of nitrogens with zero attached hydrogens (tertiary/aromatic N) is 2. The second-order valence-electron chi connectivity index (χ2n) is 6.61. The number of oxazole rings is 1. The molecule has 4 nitrogen and oxygen atoms in total. The summed E-state index contributed by atoms with van der Waals surface area (Å²) in [5.74, 6) is 0.324. The highest BCUT2D eigenvalue weighted by molar-refractivity contribution is 5.74. The van der Waals surface area contributed by atoms with Crippen LogP contribution in [0.15, 0.2) is 16.5 Å². The summed E-state index contributed by atoms with van der Waals surface area (Å²) in [6.07, 6.45) is 2.61. The number of rotatable bonds is 4. The number of fused-ring (bicyclic) bond motifs is 1. The van der Waals surface area contributed by atoms with Crippen LogP contribution < -0.4 is 0 Å². The van der Waals surface area contributed by atoms with Crippen molar-refractivity contribution in [3.8, 4) is 0 Å². The monoisotopic (exact) mass is 306 g/mol. The van der Waals surface area contributed by atoms with Gasteiger partial charge in [-0.2, -0.15) is 0 Å². The van der Waals surface area contributed by atoms with Crippen LogP contribution in [0.2, 0.25) is 0 Å². The first-order valence-corrected chi connectivity index (χ1v) is 7.93. The molecule has 1 aliphatic rings. The molecule has 3 rings (SSSR count). The summed E-state index contributed by atoms with van der Waals surface area (Å²) in [4.78, 5) is 6.48. The zero-order valence-electron chi connectivity index (χ0n) is 13.3. The molecule has 0 radical (unpaired) electrons. The highest BCUT2D eigenvalue weighted by atomic mass is 19.1. The van der Waals surface area contributed by atoms with Gasteiger partial charge >= 0.3 is 0 Å². The van der Waals surface area contributed by atoms with Gasteiger partial charge in [0.05, 0.1) is 6.10 Å². The molecule has 0 bridgehead atoms. The minimum atomic E-state index is -0.368. The third-order valence-electron chi connectivity index (χ3n) is 4.46. The van der Waals surface area contributed by atoms with Crippen molar-refractivity contribution < 1.29 is 13.9 Å². The molecule has 1 aromatic carbocycles. The molecule has 1 aliphatic carbocycles. The molecule has 2 unspecified atom stereocenters. The molecule has 2 atom stereocenters. The van der Waals surface area contributed by atoms with Crippen LogP contribution in [0.3, 0.4) is 0 Å². The van der Waals surface area contributed by atoms with Crippen molar-refractivity contribution >= 4 is 11.1 Å². The van der Waals surface area contributed by atoms with Gasteiger partial charge in [0.1, 0.15) is 5.52 Å². The topological polar surface area (TPSA) is 49.5 Å². The standard InChI is InChI=1S/C17H23FN2O2/c1-10(2)17-19-13-8-11(7-12(18)16(13)22-17)9-20(3)14-5-4-6-15(14)21/h7-8,10,14-15,21H,4-6,9H2,1-3H3. The van der Waals surface area contributed by atoms with E-state index in [-0.39, 0.29) is 29.5 Å². The van der Waals surface area contributed by atoms with E-state index in [9.17, 15) is 9.50 Å². The Bertz CT molecular complexity index is 668. The van der Waals surface area contributed by atoms with Gasteiger partial charge in [-0.25, -0.2) is 9.37 Å². The number of aliphatic hydroxyl groups is 1. The van der Waals surface area contributed by atoms with E-state index in [0.29, 0.717) is 18.0 Å². The Morgan fingerprint density at radius 1 is 1.41 bits per heavy atom. The smallest absolute Gasteiger partial charge is 0.198 e. The summed E-state index contributed by atoms with van der Waals surface area (Å²) in [6, 6.07) is 3.54. The fraction of sp³-hybridized carbons (Fsp3) is 0.588. The summed E-state index contributed by atoms with van der Waals surface area (Å²) in [7, 11) is 1.98. The van der Waals surface area contributed by atoms with Crippen molar-refractivity contribution in [2.75, 3.05) is 7.05 Å². The normalized spacial score (nSPS) is 22.3. The Balaban J connectivity index is 1.84. The quantitative estimate of drug-likeness (QED) is 0.940. The van der Waals surface area contributed by atoms with Crippen LogP contribution >= 0.6 is 0 Å². The molecule has 22 heavy (non-hydrogen) atoms. The fourth-order valence-corrected chi connectivity index (χ4v) is 3.24. The molecule has 1 fully saturated rings. The number of hydrogen-bond donors (Lipinski definition) is 1. The van der Waals surface area contributed by atoms with Gasteiger partial charge in [-0.15, -0.1) is 0 Å². The Hall–Kier alpha value is -1.46. The summed E-state index contributed by atoms with van der Waals surface area (Å²) < 4.78 is 19.7. The number of aromatic nitrogens is 1. The molecule has 0 saturated heterocycles. The average molecular weight is 306 g/mol. The highest BCUT2D eigenvalue weighted by Crippen LogP contribution is 2.27. The molecule has 1 heterocycles. The third kappa shape index (κ3) is 2.88. The molecule has 1 saturated carbocycles. The van der Waals surface area contributed by atoms with Gasteiger partial charge < -0.3 is 9.52 Å². The van der Waals surface area contributed by atoms with Crippen LogP contribution in [0.1, 0.15) is 50.5 Å². The lowest BCUT2D eigenvalue weighted by Crippen LogP contribution is -2.36. The zero-order valence-corrected chi connectivity index (χ0v) is 13.3. The molecule has 0 aliphatic heterocycles. The summed E-state index contributed by atoms with van der Waals surface area (Å²) >= 11 is 0. The molecule has 0 spiro atoms. The first kappa shape index (κ1) is 15.4. The number of halogens is 1. The van der Waals surface area contributed by atoms with E-state index >= 15 is 0 Å². The van der Waals surface area contributed by atoms with Crippen molar-refractivity contribution in [1.29, 1.82) is 0 Å². The van der Waals surface area contributed by atoms with Crippen molar-refractivity contribution in [2.45, 2.75) is 57.7 Å². The zero-order chi connectivity index (χ0) is 15.9. The first-order valence-electron chi connectivity index (χ1n) is 7.93. The molecule has 2 aromatic rings. The van der Waals surface area contributed by atoms with E-state index in [0.717, 1.165) is 24.8 Å². The Labute approximate surface area is 129 Å². The minimum absolute atomic E-state index is 0.131.